The van der Waals surface area contributed by atoms with Crippen molar-refractivity contribution in [2.75, 3.05) is 13.2 Å². The molecule has 0 aliphatic carbocycles. The van der Waals surface area contributed by atoms with Crippen LogP contribution in [0, 0.1) is 11.8 Å². The van der Waals surface area contributed by atoms with Crippen molar-refractivity contribution < 1.29 is 34.1 Å². The lowest BCUT2D eigenvalue weighted by Crippen LogP contribution is -2.63. The van der Waals surface area contributed by atoms with E-state index in [0.717, 1.165) is 0 Å². The average Bonchev–Trinajstić information content (AvgIpc) is 3.55. The Morgan fingerprint density at radius 1 is 1.38 bits per heavy atom. The fraction of sp³-hybridized carbons (Fsp3) is 0.500. The van der Waals surface area contributed by atoms with Gasteiger partial charge >= 0.3 is 12.1 Å². The number of carboxylic acids is 1. The summed E-state index contributed by atoms with van der Waals surface area (Å²) in [5.41, 5.74) is 5.85. The molecular weight excluding hydrogens is 526 g/mol. The van der Waals surface area contributed by atoms with E-state index in [1.165, 1.54) is 28.8 Å². The molecule has 6 atom stereocenters. The van der Waals surface area contributed by atoms with Crippen LogP contribution < -0.4 is 5.73 Å². The SMILES string of the molecule is C=CCOC(=O)N1C[C@@H](SC2=C(C(=O)O)N3C(=O)[C@H]([C@@H](C)O)[C@H]3[C@H]2C)C[C@H]1CCn1cncc1C=CC(N)=O. The van der Waals surface area contributed by atoms with E-state index >= 15 is 0 Å². The maximum absolute atomic E-state index is 12.9. The highest BCUT2D eigenvalue weighted by Gasteiger charge is 2.60. The molecule has 0 unspecified atom stereocenters. The number of fused-ring (bicyclic) bond motifs is 1. The summed E-state index contributed by atoms with van der Waals surface area (Å²) in [5.74, 6) is -3.03. The Hall–Kier alpha value is -3.58. The summed E-state index contributed by atoms with van der Waals surface area (Å²) in [7, 11) is 0. The molecule has 1 aromatic heterocycles. The number of carbonyl (C=O) groups is 4. The summed E-state index contributed by atoms with van der Waals surface area (Å²) in [6.45, 7) is 7.91. The van der Waals surface area contributed by atoms with Crippen LogP contribution in [0.15, 0.2) is 41.9 Å². The highest BCUT2D eigenvalue weighted by molar-refractivity contribution is 8.03. The van der Waals surface area contributed by atoms with E-state index in [2.05, 4.69) is 11.6 Å². The zero-order valence-electron chi connectivity index (χ0n) is 21.8. The number of hydrogen-bond donors (Lipinski definition) is 3. The first kappa shape index (κ1) is 28.4. The van der Waals surface area contributed by atoms with Crippen molar-refractivity contribution in [1.82, 2.24) is 19.4 Å². The fourth-order valence-electron chi connectivity index (χ4n) is 5.64. The summed E-state index contributed by atoms with van der Waals surface area (Å²) in [5, 5.41) is 19.9. The van der Waals surface area contributed by atoms with Crippen LogP contribution in [-0.2, 0) is 25.7 Å². The molecule has 3 aliphatic rings. The van der Waals surface area contributed by atoms with Crippen LogP contribution >= 0.6 is 11.8 Å². The van der Waals surface area contributed by atoms with Gasteiger partial charge in [-0.3, -0.25) is 9.59 Å². The topological polar surface area (TPSA) is 168 Å². The van der Waals surface area contributed by atoms with Gasteiger partial charge in [-0.1, -0.05) is 19.6 Å². The Balaban J connectivity index is 1.52. The van der Waals surface area contributed by atoms with E-state index in [0.29, 0.717) is 36.5 Å². The number of rotatable bonds is 11. The second-order valence-electron chi connectivity index (χ2n) is 9.96. The van der Waals surface area contributed by atoms with Gasteiger partial charge in [-0.15, -0.1) is 11.8 Å². The Kier molecular flexibility index (Phi) is 8.50. The summed E-state index contributed by atoms with van der Waals surface area (Å²) in [4.78, 5) is 56.5. The molecule has 3 amide bonds. The number of amides is 3. The molecule has 2 saturated heterocycles. The third kappa shape index (κ3) is 5.59. The van der Waals surface area contributed by atoms with E-state index in [9.17, 15) is 29.4 Å². The zero-order valence-corrected chi connectivity index (χ0v) is 22.6. The second kappa shape index (κ2) is 11.7. The van der Waals surface area contributed by atoms with E-state index < -0.39 is 36.0 Å². The Morgan fingerprint density at radius 2 is 2.13 bits per heavy atom. The van der Waals surface area contributed by atoms with E-state index in [1.54, 1.807) is 30.4 Å². The van der Waals surface area contributed by atoms with Gasteiger partial charge < -0.3 is 35.1 Å². The number of aryl methyl sites for hydroxylation is 1. The first-order chi connectivity index (χ1) is 18.5. The minimum Gasteiger partial charge on any atom is -0.477 e. The largest absolute Gasteiger partial charge is 0.477 e. The maximum atomic E-state index is 12.9. The number of ether oxygens (including phenoxy) is 1. The lowest BCUT2D eigenvalue weighted by molar-refractivity contribution is -0.163. The lowest BCUT2D eigenvalue weighted by Gasteiger charge is -2.46. The average molecular weight is 560 g/mol. The van der Waals surface area contributed by atoms with Gasteiger partial charge in [0.1, 0.15) is 12.3 Å². The van der Waals surface area contributed by atoms with Crippen molar-refractivity contribution >= 4 is 41.7 Å². The van der Waals surface area contributed by atoms with Crippen LogP contribution in [0.1, 0.15) is 32.4 Å². The van der Waals surface area contributed by atoms with E-state index in [4.69, 9.17) is 10.5 Å². The van der Waals surface area contributed by atoms with Crippen LogP contribution in [0.25, 0.3) is 6.08 Å². The molecule has 0 aromatic carbocycles. The molecule has 0 bridgehead atoms. The van der Waals surface area contributed by atoms with Crippen LogP contribution in [0.5, 0.6) is 0 Å². The molecule has 13 heteroatoms. The quantitative estimate of drug-likeness (QED) is 0.206. The van der Waals surface area contributed by atoms with Gasteiger partial charge in [0.25, 0.3) is 0 Å². The smallest absolute Gasteiger partial charge is 0.410 e. The van der Waals surface area contributed by atoms with Crippen molar-refractivity contribution in [1.29, 1.82) is 0 Å². The minimum absolute atomic E-state index is 0.0343. The molecule has 4 N–H and O–H groups in total. The van der Waals surface area contributed by atoms with Gasteiger partial charge in [0.05, 0.1) is 36.3 Å². The molecular formula is C26H33N5O7S. The number of carbonyl (C=O) groups excluding carboxylic acids is 3. The summed E-state index contributed by atoms with van der Waals surface area (Å²) in [6.07, 6.45) is 7.33. The third-order valence-electron chi connectivity index (χ3n) is 7.41. The molecule has 2 fully saturated rings. The number of primary amides is 1. The van der Waals surface area contributed by atoms with Crippen molar-refractivity contribution in [3.05, 3.63) is 47.6 Å². The van der Waals surface area contributed by atoms with Crippen molar-refractivity contribution in [2.45, 2.75) is 56.7 Å². The van der Waals surface area contributed by atoms with Crippen LogP contribution in [0.4, 0.5) is 4.79 Å². The second-order valence-corrected chi connectivity index (χ2v) is 11.3. The number of aliphatic hydroxyl groups is 1. The van der Waals surface area contributed by atoms with Gasteiger partial charge in [-0.25, -0.2) is 14.6 Å². The van der Waals surface area contributed by atoms with Crippen molar-refractivity contribution in [2.24, 2.45) is 17.6 Å². The molecule has 0 radical (unpaired) electrons. The van der Waals surface area contributed by atoms with E-state index in [-0.39, 0.29) is 35.4 Å². The normalized spacial score (nSPS) is 27.1. The van der Waals surface area contributed by atoms with Gasteiger partial charge in [0, 0.05) is 41.3 Å². The number of likely N-dealkylation sites (tertiary alicyclic amines) is 1. The molecule has 0 spiro atoms. The number of nitrogens with zero attached hydrogens (tertiary/aromatic N) is 4. The monoisotopic (exact) mass is 559 g/mol. The summed E-state index contributed by atoms with van der Waals surface area (Å²) >= 11 is 1.38. The predicted molar refractivity (Wildman–Crippen MR) is 143 cm³/mol. The Labute approximate surface area is 230 Å². The third-order valence-corrected chi connectivity index (χ3v) is 8.90. The predicted octanol–water partition coefficient (Wildman–Crippen LogP) is 1.42. The number of aromatic nitrogens is 2. The van der Waals surface area contributed by atoms with Gasteiger partial charge in [-0.05, 0) is 25.8 Å². The first-order valence-electron chi connectivity index (χ1n) is 12.7. The van der Waals surface area contributed by atoms with Crippen molar-refractivity contribution in [3.8, 4) is 0 Å². The van der Waals surface area contributed by atoms with Gasteiger partial charge in [0.2, 0.25) is 11.8 Å². The molecule has 210 valence electrons. The number of hydrogen-bond acceptors (Lipinski definition) is 8. The van der Waals surface area contributed by atoms with Crippen molar-refractivity contribution in [3.63, 3.8) is 0 Å². The lowest BCUT2D eigenvalue weighted by atomic mass is 9.79. The van der Waals surface area contributed by atoms with E-state index in [1.807, 2.05) is 11.5 Å². The minimum atomic E-state index is -1.18. The van der Waals surface area contributed by atoms with Gasteiger partial charge in [-0.2, -0.15) is 0 Å². The number of aliphatic hydroxyl groups excluding tert-OH is 1. The van der Waals surface area contributed by atoms with Crippen LogP contribution in [0.2, 0.25) is 0 Å². The highest BCUT2D eigenvalue weighted by atomic mass is 32.2. The molecule has 0 saturated carbocycles. The molecule has 3 aliphatic heterocycles. The number of nitrogens with two attached hydrogens (primary N) is 1. The highest BCUT2D eigenvalue weighted by Crippen LogP contribution is 2.52. The molecule has 39 heavy (non-hydrogen) atoms. The number of β-lactam (4-membered cyclic amide) rings is 1. The molecule has 4 heterocycles. The maximum Gasteiger partial charge on any atom is 0.410 e. The summed E-state index contributed by atoms with van der Waals surface area (Å²) in [6, 6.07) is -0.602. The number of imidazole rings is 1. The number of aliphatic carboxylic acids is 1. The van der Waals surface area contributed by atoms with Gasteiger partial charge in [0.15, 0.2) is 0 Å². The van der Waals surface area contributed by atoms with Crippen LogP contribution in [-0.4, -0.2) is 90.0 Å². The van der Waals surface area contributed by atoms with Crippen LogP contribution in [0.3, 0.4) is 0 Å². The number of carboxylic acid groups (broad SMARTS) is 1. The fourth-order valence-corrected chi connectivity index (χ4v) is 7.20. The Morgan fingerprint density at radius 3 is 2.77 bits per heavy atom. The number of thioether (sulfide) groups is 1. The Bertz CT molecular complexity index is 1220. The molecule has 4 rings (SSSR count). The molecule has 1 aromatic rings. The first-order valence-corrected chi connectivity index (χ1v) is 13.6. The summed E-state index contributed by atoms with van der Waals surface area (Å²) < 4.78 is 7.17. The zero-order chi connectivity index (χ0) is 28.4. The standard InChI is InChI=1S/C26H33N5O7S/c1-4-9-38-26(37)30-12-18(10-16(30)7-8-29-13-28-11-17(29)5-6-19(27)33)39-23-14(2)21-20(15(3)32)24(34)31(21)22(23)25(35)36/h4-6,11,13-16,18,20-21,32H,1,7-10,12H2,2-3H3,(H2,27,33)(H,35,36)/t14-,15-,16-,18+,20-,21-/m1/s1. The molecule has 12 nitrogen and oxygen atoms in total.